The quantitative estimate of drug-likeness (QED) is 0.320. The molecule has 176 valence electrons. The van der Waals surface area contributed by atoms with Gasteiger partial charge in [-0.25, -0.2) is 4.79 Å². The highest BCUT2D eigenvalue weighted by Gasteiger charge is 2.24. The van der Waals surface area contributed by atoms with Crippen molar-refractivity contribution in [3.63, 3.8) is 0 Å². The van der Waals surface area contributed by atoms with Crippen LogP contribution in [0, 0.1) is 0 Å². The number of carbonyl (C=O) groups is 3. The molecular weight excluding hydrogens is 450 g/mol. The van der Waals surface area contributed by atoms with Crippen LogP contribution >= 0.6 is 11.3 Å². The number of nitrogens with zero attached hydrogens (tertiary/aromatic N) is 1. The number of ether oxygens (including phenoxy) is 2. The lowest BCUT2D eigenvalue weighted by atomic mass is 10.1. The van der Waals surface area contributed by atoms with E-state index in [4.69, 9.17) is 15.2 Å². The van der Waals surface area contributed by atoms with Crippen LogP contribution in [0.15, 0.2) is 23.1 Å². The molecule has 3 aromatic heterocycles. The highest BCUT2D eigenvalue weighted by atomic mass is 32.1. The molecule has 0 bridgehead atoms. The number of fused-ring (bicyclic) bond motifs is 1. The summed E-state index contributed by atoms with van der Waals surface area (Å²) in [7, 11) is 0. The molecule has 12 heteroatoms. The number of thiophene rings is 1. The lowest BCUT2D eigenvalue weighted by molar-refractivity contribution is -0.146. The fourth-order valence-corrected chi connectivity index (χ4v) is 4.19. The van der Waals surface area contributed by atoms with Crippen LogP contribution in [-0.2, 0) is 25.5 Å². The van der Waals surface area contributed by atoms with Gasteiger partial charge >= 0.3 is 11.9 Å². The molecule has 0 saturated heterocycles. The zero-order chi connectivity index (χ0) is 24.0. The summed E-state index contributed by atoms with van der Waals surface area (Å²) < 4.78 is 9.90. The van der Waals surface area contributed by atoms with Gasteiger partial charge in [0.2, 0.25) is 5.95 Å². The third-order valence-electron chi connectivity index (χ3n) is 4.71. The van der Waals surface area contributed by atoms with Gasteiger partial charge in [-0.05, 0) is 38.0 Å². The number of aromatic amines is 2. The van der Waals surface area contributed by atoms with Crippen molar-refractivity contribution in [2.24, 2.45) is 0 Å². The van der Waals surface area contributed by atoms with Crippen molar-refractivity contribution < 1.29 is 23.9 Å². The first-order valence-electron chi connectivity index (χ1n) is 10.4. The molecule has 1 atom stereocenters. The second-order valence-corrected chi connectivity index (χ2v) is 8.22. The third-order valence-corrected chi connectivity index (χ3v) is 5.79. The summed E-state index contributed by atoms with van der Waals surface area (Å²) in [6.45, 7) is 3.74. The number of amides is 1. The summed E-state index contributed by atoms with van der Waals surface area (Å²) in [4.78, 5) is 59.6. The van der Waals surface area contributed by atoms with Crippen molar-refractivity contribution in [2.45, 2.75) is 39.2 Å². The first kappa shape index (κ1) is 24.0. The Labute approximate surface area is 192 Å². The Morgan fingerprint density at radius 1 is 1.21 bits per heavy atom. The van der Waals surface area contributed by atoms with Gasteiger partial charge in [-0.3, -0.25) is 19.4 Å². The molecule has 0 unspecified atom stereocenters. The van der Waals surface area contributed by atoms with Gasteiger partial charge in [0.15, 0.2) is 0 Å². The van der Waals surface area contributed by atoms with Crippen molar-refractivity contribution in [3.8, 4) is 0 Å². The van der Waals surface area contributed by atoms with Crippen LogP contribution in [0.5, 0.6) is 0 Å². The largest absolute Gasteiger partial charge is 0.466 e. The number of anilines is 1. The van der Waals surface area contributed by atoms with E-state index in [0.717, 1.165) is 4.88 Å². The molecule has 11 nitrogen and oxygen atoms in total. The lowest BCUT2D eigenvalue weighted by Gasteiger charge is -2.16. The number of nitrogens with one attached hydrogen (secondary N) is 3. The van der Waals surface area contributed by atoms with E-state index in [1.54, 1.807) is 32.2 Å². The van der Waals surface area contributed by atoms with E-state index in [1.165, 1.54) is 11.3 Å². The molecule has 0 spiro atoms. The number of rotatable bonds is 10. The molecule has 3 rings (SSSR count). The zero-order valence-electron chi connectivity index (χ0n) is 18.2. The van der Waals surface area contributed by atoms with E-state index in [2.05, 4.69) is 20.3 Å². The fourth-order valence-electron chi connectivity index (χ4n) is 3.26. The maximum absolute atomic E-state index is 12.7. The second-order valence-electron chi connectivity index (χ2n) is 7.05. The summed E-state index contributed by atoms with van der Waals surface area (Å²) in [5.74, 6) is -1.50. The normalized spacial score (nSPS) is 11.8. The molecule has 0 aliphatic heterocycles. The molecule has 1 amide bonds. The van der Waals surface area contributed by atoms with E-state index >= 15 is 0 Å². The number of carbonyl (C=O) groups excluding carboxylic acids is 3. The first-order chi connectivity index (χ1) is 15.8. The molecule has 0 aromatic carbocycles. The molecule has 0 saturated carbocycles. The van der Waals surface area contributed by atoms with E-state index in [1.807, 2.05) is 0 Å². The number of aromatic nitrogens is 3. The fraction of sp³-hybridized carbons (Fsp3) is 0.381. The standard InChI is InChI=1S/C21H25N5O6S/c1-3-31-15(27)8-6-13(20(30)32-4-2)24-18(28)14-7-5-12(33-14)9-11-10-23-17-16(11)19(29)26-21(22)25-17/h5,7,10,13H,3-4,6,8-9H2,1-2H3,(H,24,28)(H4,22,23,25,26,29)/t13-/m0/s1. The SMILES string of the molecule is CCOC(=O)CC[C@H](NC(=O)c1ccc(Cc2c[nH]c3nc(N)[nH]c(=O)c23)s1)C(=O)OCC. The van der Waals surface area contributed by atoms with Gasteiger partial charge in [-0.15, -0.1) is 11.3 Å². The van der Waals surface area contributed by atoms with E-state index in [0.29, 0.717) is 27.9 Å². The number of hydrogen-bond acceptors (Lipinski definition) is 9. The summed E-state index contributed by atoms with van der Waals surface area (Å²) in [6.07, 6.45) is 2.12. The monoisotopic (exact) mass is 475 g/mol. The minimum atomic E-state index is -0.976. The molecular formula is C21H25N5O6S. The molecule has 0 fully saturated rings. The van der Waals surface area contributed by atoms with Crippen LogP contribution in [-0.4, -0.2) is 52.1 Å². The van der Waals surface area contributed by atoms with Crippen LogP contribution in [0.2, 0.25) is 0 Å². The summed E-state index contributed by atoms with van der Waals surface area (Å²) in [5, 5.41) is 3.04. The number of nitrogen functional groups attached to an aromatic ring is 1. The van der Waals surface area contributed by atoms with Crippen LogP contribution in [0.25, 0.3) is 11.0 Å². The minimum Gasteiger partial charge on any atom is -0.466 e. The smallest absolute Gasteiger partial charge is 0.328 e. The Hall–Kier alpha value is -3.67. The Morgan fingerprint density at radius 3 is 2.70 bits per heavy atom. The Balaban J connectivity index is 1.70. The Bertz CT molecular complexity index is 1210. The van der Waals surface area contributed by atoms with Crippen LogP contribution < -0.4 is 16.6 Å². The third kappa shape index (κ3) is 5.98. The van der Waals surface area contributed by atoms with E-state index in [-0.39, 0.29) is 37.6 Å². The van der Waals surface area contributed by atoms with Gasteiger partial charge in [-0.2, -0.15) is 4.98 Å². The van der Waals surface area contributed by atoms with E-state index < -0.39 is 23.9 Å². The van der Waals surface area contributed by atoms with Crippen LogP contribution in [0.1, 0.15) is 46.8 Å². The number of nitrogens with two attached hydrogens (primary N) is 1. The average molecular weight is 476 g/mol. The van der Waals surface area contributed by atoms with Crippen molar-refractivity contribution >= 4 is 46.2 Å². The predicted molar refractivity (Wildman–Crippen MR) is 122 cm³/mol. The van der Waals surface area contributed by atoms with Gasteiger partial charge in [0.25, 0.3) is 11.5 Å². The lowest BCUT2D eigenvalue weighted by Crippen LogP contribution is -2.42. The second kappa shape index (κ2) is 10.8. The number of hydrogen-bond donors (Lipinski definition) is 4. The zero-order valence-corrected chi connectivity index (χ0v) is 19.0. The molecule has 0 aliphatic rings. The summed E-state index contributed by atoms with van der Waals surface area (Å²) in [5.41, 5.74) is 6.33. The van der Waals surface area contributed by atoms with Gasteiger partial charge in [0.1, 0.15) is 11.7 Å². The number of esters is 2. The topological polar surface area (TPSA) is 169 Å². The summed E-state index contributed by atoms with van der Waals surface area (Å²) >= 11 is 1.23. The first-order valence-corrected chi connectivity index (χ1v) is 11.2. The maximum Gasteiger partial charge on any atom is 0.328 e. The molecule has 3 aromatic rings. The van der Waals surface area contributed by atoms with Gasteiger partial charge in [0.05, 0.1) is 23.5 Å². The molecule has 0 radical (unpaired) electrons. The molecule has 0 aliphatic carbocycles. The van der Waals surface area contributed by atoms with Crippen LogP contribution in [0.4, 0.5) is 5.95 Å². The highest BCUT2D eigenvalue weighted by molar-refractivity contribution is 7.14. The van der Waals surface area contributed by atoms with Crippen molar-refractivity contribution in [3.05, 3.63) is 44.0 Å². The average Bonchev–Trinajstić information content (AvgIpc) is 3.39. The molecule has 33 heavy (non-hydrogen) atoms. The van der Waals surface area contributed by atoms with Crippen molar-refractivity contribution in [1.29, 1.82) is 0 Å². The Morgan fingerprint density at radius 2 is 1.97 bits per heavy atom. The van der Waals surface area contributed by atoms with Gasteiger partial charge in [0, 0.05) is 23.9 Å². The molecule has 3 heterocycles. The predicted octanol–water partition coefficient (Wildman–Crippen LogP) is 1.49. The minimum absolute atomic E-state index is 0.0232. The van der Waals surface area contributed by atoms with Gasteiger partial charge < -0.3 is 25.5 Å². The van der Waals surface area contributed by atoms with Crippen molar-refractivity contribution in [2.75, 3.05) is 18.9 Å². The van der Waals surface area contributed by atoms with Gasteiger partial charge in [-0.1, -0.05) is 0 Å². The molecule has 5 N–H and O–H groups in total. The van der Waals surface area contributed by atoms with Crippen molar-refractivity contribution in [1.82, 2.24) is 20.3 Å². The number of H-pyrrole nitrogens is 2. The van der Waals surface area contributed by atoms with E-state index in [9.17, 15) is 19.2 Å². The summed E-state index contributed by atoms with van der Waals surface area (Å²) in [6, 6.07) is 2.43. The van der Waals surface area contributed by atoms with Crippen LogP contribution in [0.3, 0.4) is 0 Å². The highest BCUT2D eigenvalue weighted by Crippen LogP contribution is 2.23. The maximum atomic E-state index is 12.7. The Kier molecular flexibility index (Phi) is 7.83.